The van der Waals surface area contributed by atoms with Crippen LogP contribution < -0.4 is 5.32 Å². The molecule has 2 amide bonds. The molecule has 3 aromatic heterocycles. The minimum absolute atomic E-state index is 0.00530. The summed E-state index contributed by atoms with van der Waals surface area (Å²) in [6, 6.07) is 9.12. The zero-order valence-corrected chi connectivity index (χ0v) is 23.4. The molecule has 2 aromatic carbocycles. The monoisotopic (exact) mass is 585 g/mol. The van der Waals surface area contributed by atoms with E-state index in [4.69, 9.17) is 11.6 Å². The zero-order chi connectivity index (χ0) is 29.3. The predicted octanol–water partition coefficient (Wildman–Crippen LogP) is 4.91. The van der Waals surface area contributed by atoms with Crippen molar-refractivity contribution in [3.05, 3.63) is 71.2 Å². The van der Waals surface area contributed by atoms with Gasteiger partial charge in [-0.3, -0.25) is 24.0 Å². The van der Waals surface area contributed by atoms with Gasteiger partial charge in [0.25, 0.3) is 0 Å². The van der Waals surface area contributed by atoms with E-state index in [0.717, 1.165) is 17.6 Å². The third-order valence-corrected chi connectivity index (χ3v) is 8.55. The van der Waals surface area contributed by atoms with Gasteiger partial charge in [0.15, 0.2) is 11.6 Å². The smallest absolute Gasteiger partial charge is 0.247 e. The van der Waals surface area contributed by atoms with Crippen LogP contribution in [0.4, 0.5) is 10.1 Å². The highest BCUT2D eigenvalue weighted by Crippen LogP contribution is 2.48. The Morgan fingerprint density at radius 3 is 2.79 bits per heavy atom. The van der Waals surface area contributed by atoms with Crippen molar-refractivity contribution in [3.8, 4) is 11.1 Å². The average Bonchev–Trinajstić information content (AvgIpc) is 3.28. The Hall–Kier alpha value is -4.64. The molecule has 1 aliphatic carbocycles. The van der Waals surface area contributed by atoms with Crippen LogP contribution in [0.3, 0.4) is 0 Å². The average molecular weight is 586 g/mol. The molecule has 2 aliphatic rings. The number of amides is 2. The lowest BCUT2D eigenvalue weighted by molar-refractivity contribution is -0.138. The van der Waals surface area contributed by atoms with Gasteiger partial charge in [0.05, 0.1) is 34.3 Å². The molecule has 0 bridgehead atoms. The number of carbonyl (C=O) groups excluding carboxylic acids is 3. The lowest BCUT2D eigenvalue weighted by Crippen LogP contribution is -2.46. The van der Waals surface area contributed by atoms with Gasteiger partial charge in [0.1, 0.15) is 23.8 Å². The number of pyridine rings is 1. The summed E-state index contributed by atoms with van der Waals surface area (Å²) >= 11 is 6.54. The zero-order valence-electron chi connectivity index (χ0n) is 22.7. The summed E-state index contributed by atoms with van der Waals surface area (Å²) in [6.07, 6.45) is 4.41. The van der Waals surface area contributed by atoms with Gasteiger partial charge in [-0.15, -0.1) is 0 Å². The summed E-state index contributed by atoms with van der Waals surface area (Å²) in [5.74, 6) is -1.40. The number of anilines is 1. The first-order valence-electron chi connectivity index (χ1n) is 13.6. The fourth-order valence-corrected chi connectivity index (χ4v) is 6.37. The number of carbonyl (C=O) groups is 3. The molecule has 212 valence electrons. The van der Waals surface area contributed by atoms with E-state index >= 15 is 4.39 Å². The molecule has 12 heteroatoms. The van der Waals surface area contributed by atoms with Crippen LogP contribution in [0.5, 0.6) is 0 Å². The molecular weight excluding hydrogens is 561 g/mol. The van der Waals surface area contributed by atoms with E-state index < -0.39 is 17.8 Å². The number of imidazole rings is 1. The number of fused-ring (bicyclic) bond motifs is 3. The number of likely N-dealkylation sites (tertiary alicyclic amines) is 1. The normalized spacial score (nSPS) is 19.3. The molecule has 2 fully saturated rings. The number of Topliss-reactive ketones (excluding diaryl/α,β-unsaturated/α-hetero) is 1. The number of hydrogen-bond donors (Lipinski definition) is 2. The van der Waals surface area contributed by atoms with Gasteiger partial charge in [0, 0.05) is 35.2 Å². The van der Waals surface area contributed by atoms with Gasteiger partial charge < -0.3 is 15.2 Å². The summed E-state index contributed by atoms with van der Waals surface area (Å²) in [4.78, 5) is 52.4. The molecule has 4 heterocycles. The van der Waals surface area contributed by atoms with E-state index in [9.17, 15) is 14.4 Å². The van der Waals surface area contributed by atoms with E-state index in [1.165, 1.54) is 24.0 Å². The molecular formula is C30H25ClFN7O3. The molecule has 10 nitrogen and oxygen atoms in total. The van der Waals surface area contributed by atoms with Crippen LogP contribution in [0.1, 0.15) is 35.9 Å². The molecule has 2 N–H and O–H groups in total. The molecule has 0 unspecified atom stereocenters. The highest BCUT2D eigenvalue weighted by Gasteiger charge is 2.56. The Morgan fingerprint density at radius 1 is 1.14 bits per heavy atom. The van der Waals surface area contributed by atoms with Gasteiger partial charge in [-0.05, 0) is 43.9 Å². The first kappa shape index (κ1) is 26.3. The van der Waals surface area contributed by atoms with Crippen LogP contribution in [-0.4, -0.2) is 59.3 Å². The molecule has 3 atom stereocenters. The minimum Gasteiger partial charge on any atom is -0.345 e. The van der Waals surface area contributed by atoms with E-state index in [0.29, 0.717) is 33.4 Å². The predicted molar refractivity (Wildman–Crippen MR) is 155 cm³/mol. The highest BCUT2D eigenvalue weighted by molar-refractivity contribution is 6.37. The fourth-order valence-electron chi connectivity index (χ4n) is 6.05. The maximum Gasteiger partial charge on any atom is 0.247 e. The van der Waals surface area contributed by atoms with E-state index in [1.54, 1.807) is 41.4 Å². The number of aryl methyl sites for hydroxylation is 1. The quantitative estimate of drug-likeness (QED) is 0.273. The van der Waals surface area contributed by atoms with Crippen LogP contribution in [0, 0.1) is 18.7 Å². The minimum atomic E-state index is -0.761. The fraction of sp³-hybridized carbons (Fsp3) is 0.267. The molecule has 1 saturated carbocycles. The molecule has 42 heavy (non-hydrogen) atoms. The SMILES string of the molecule is CC(=O)c1nn(CC(=O)N2[C@@H]3C[C@@H]3C[C@H]2C(=O)Nc2cccc(-c3ccc4[nH]cnc4c3Cl)c2F)c2cnc(C)cc12. The van der Waals surface area contributed by atoms with Crippen molar-refractivity contribution in [1.29, 1.82) is 0 Å². The van der Waals surface area contributed by atoms with Crippen molar-refractivity contribution < 1.29 is 18.8 Å². The number of nitrogens with one attached hydrogen (secondary N) is 2. The van der Waals surface area contributed by atoms with Gasteiger partial charge in [-0.25, -0.2) is 9.37 Å². The van der Waals surface area contributed by atoms with E-state index in [2.05, 4.69) is 25.4 Å². The van der Waals surface area contributed by atoms with Crippen LogP contribution in [0.15, 0.2) is 48.9 Å². The van der Waals surface area contributed by atoms with Crippen LogP contribution in [-0.2, 0) is 16.1 Å². The third-order valence-electron chi connectivity index (χ3n) is 8.16. The van der Waals surface area contributed by atoms with Gasteiger partial charge in [0.2, 0.25) is 11.8 Å². The van der Waals surface area contributed by atoms with Crippen LogP contribution in [0.25, 0.3) is 33.1 Å². The molecule has 0 spiro atoms. The Labute approximate surface area is 243 Å². The Morgan fingerprint density at radius 2 is 1.98 bits per heavy atom. The molecule has 1 saturated heterocycles. The summed E-state index contributed by atoms with van der Waals surface area (Å²) < 4.78 is 17.2. The first-order valence-corrected chi connectivity index (χ1v) is 14.0. The van der Waals surface area contributed by atoms with Crippen molar-refractivity contribution in [1.82, 2.24) is 29.6 Å². The van der Waals surface area contributed by atoms with E-state index in [-0.39, 0.29) is 47.1 Å². The number of aromatic nitrogens is 5. The summed E-state index contributed by atoms with van der Waals surface area (Å²) in [7, 11) is 0. The second-order valence-corrected chi connectivity index (χ2v) is 11.3. The maximum atomic E-state index is 15.8. The second-order valence-electron chi connectivity index (χ2n) is 10.9. The Kier molecular flexibility index (Phi) is 6.09. The lowest BCUT2D eigenvalue weighted by Gasteiger charge is -2.27. The number of hydrogen-bond acceptors (Lipinski definition) is 6. The number of aromatic amines is 1. The standard InChI is InChI=1S/C30H25ClFN7O3/c1-14-8-19-24(11-33-14)38(37-28(19)15(2)40)12-25(41)39-22-9-16(22)10-23(39)30(42)36-20-5-3-4-18(27(20)32)17-6-7-21-29(26(17)31)35-13-34-21/h3-8,11,13,16,22-23H,9-10,12H2,1-2H3,(H,34,35)(H,36,42)/t16-,22-,23+/m1/s1. The number of halogens is 2. The number of nitrogens with zero attached hydrogens (tertiary/aromatic N) is 5. The van der Waals surface area contributed by atoms with Gasteiger partial charge in [-0.2, -0.15) is 5.10 Å². The van der Waals surface area contributed by atoms with Crippen LogP contribution >= 0.6 is 11.6 Å². The number of H-pyrrole nitrogens is 1. The highest BCUT2D eigenvalue weighted by atomic mass is 35.5. The number of benzene rings is 2. The lowest BCUT2D eigenvalue weighted by atomic mass is 10.0. The largest absolute Gasteiger partial charge is 0.345 e. The van der Waals surface area contributed by atoms with E-state index in [1.807, 2.05) is 6.92 Å². The number of ketones is 1. The summed E-state index contributed by atoms with van der Waals surface area (Å²) in [5, 5.41) is 8.04. The second kappa shape index (κ2) is 9.73. The molecule has 0 radical (unpaired) electrons. The summed E-state index contributed by atoms with van der Waals surface area (Å²) in [6.45, 7) is 3.09. The topological polar surface area (TPSA) is 126 Å². The summed E-state index contributed by atoms with van der Waals surface area (Å²) in [5.41, 5.74) is 3.48. The maximum absolute atomic E-state index is 15.8. The molecule has 1 aliphatic heterocycles. The van der Waals surface area contributed by atoms with Gasteiger partial charge in [-0.1, -0.05) is 29.8 Å². The molecule has 5 aromatic rings. The van der Waals surface area contributed by atoms with Crippen LogP contribution in [0.2, 0.25) is 5.02 Å². The molecule has 7 rings (SSSR count). The van der Waals surface area contributed by atoms with Crippen molar-refractivity contribution in [3.63, 3.8) is 0 Å². The van der Waals surface area contributed by atoms with Crippen molar-refractivity contribution in [2.75, 3.05) is 5.32 Å². The first-order chi connectivity index (χ1) is 20.2. The number of rotatable bonds is 6. The van der Waals surface area contributed by atoms with Crippen molar-refractivity contribution >= 4 is 56.8 Å². The number of piperidine rings is 1. The third kappa shape index (κ3) is 4.23. The van der Waals surface area contributed by atoms with Crippen molar-refractivity contribution in [2.24, 2.45) is 5.92 Å². The van der Waals surface area contributed by atoms with Gasteiger partial charge >= 0.3 is 0 Å². The van der Waals surface area contributed by atoms with Crippen molar-refractivity contribution in [2.45, 2.75) is 45.3 Å². The Balaban J connectivity index is 1.14. The Bertz CT molecular complexity index is 1950.